The molecule has 0 N–H and O–H groups in total. The van der Waals surface area contributed by atoms with Crippen molar-refractivity contribution in [3.05, 3.63) is 0 Å². The van der Waals surface area contributed by atoms with Crippen LogP contribution in [0.4, 0.5) is 0 Å². The van der Waals surface area contributed by atoms with E-state index in [0.717, 1.165) is 6.42 Å². The normalized spacial score (nSPS) is 41.0. The number of halogens is 1. The highest BCUT2D eigenvalue weighted by atomic mass is 35.7. The van der Waals surface area contributed by atoms with Crippen LogP contribution in [0.3, 0.4) is 0 Å². The Morgan fingerprint density at radius 3 is 2.23 bits per heavy atom. The summed E-state index contributed by atoms with van der Waals surface area (Å²) in [7, 11) is 0. The average molecular weight is 227 g/mol. The molecule has 1 heterocycles. The molecule has 5 heteroatoms. The first-order valence-electron chi connectivity index (χ1n) is 4.51. The van der Waals surface area contributed by atoms with Gasteiger partial charge in [0.1, 0.15) is 0 Å². The van der Waals surface area contributed by atoms with E-state index in [1.807, 2.05) is 0 Å². The standard InChI is InChI=1S/C8H16ClO3P/c1-4-8(7(2)3)5-11-13(9,10)12-6-8/h7H,4-6H2,1-3H3. The van der Waals surface area contributed by atoms with Gasteiger partial charge in [-0.15, -0.1) is 0 Å². The SMILES string of the molecule is CCC1(C(C)C)COP(=O)(Cl)OC1. The fourth-order valence-electron chi connectivity index (χ4n) is 1.44. The number of hydrogen-bond acceptors (Lipinski definition) is 3. The topological polar surface area (TPSA) is 35.5 Å². The van der Waals surface area contributed by atoms with Crippen LogP contribution < -0.4 is 0 Å². The van der Waals surface area contributed by atoms with Crippen LogP contribution >= 0.6 is 18.2 Å². The largest absolute Gasteiger partial charge is 0.424 e. The van der Waals surface area contributed by atoms with Crippen molar-refractivity contribution in [3.63, 3.8) is 0 Å². The molecule has 0 aliphatic carbocycles. The van der Waals surface area contributed by atoms with Crippen LogP contribution in [-0.2, 0) is 13.6 Å². The first-order valence-corrected chi connectivity index (χ1v) is 6.95. The maximum absolute atomic E-state index is 11.2. The van der Waals surface area contributed by atoms with Gasteiger partial charge in [-0.05, 0) is 12.3 Å². The first-order chi connectivity index (χ1) is 5.92. The molecule has 78 valence electrons. The van der Waals surface area contributed by atoms with Gasteiger partial charge in [-0.1, -0.05) is 20.8 Å². The molecule has 0 radical (unpaired) electrons. The van der Waals surface area contributed by atoms with Crippen LogP contribution in [0.5, 0.6) is 0 Å². The maximum Gasteiger partial charge on any atom is 0.424 e. The van der Waals surface area contributed by atoms with Crippen LogP contribution in [0.2, 0.25) is 0 Å². The van der Waals surface area contributed by atoms with E-state index in [0.29, 0.717) is 19.1 Å². The summed E-state index contributed by atoms with van der Waals surface area (Å²) in [6, 6.07) is 0. The third-order valence-corrected chi connectivity index (χ3v) is 4.40. The first kappa shape index (κ1) is 11.5. The number of rotatable bonds is 2. The van der Waals surface area contributed by atoms with Gasteiger partial charge in [-0.2, -0.15) is 0 Å². The van der Waals surface area contributed by atoms with E-state index in [4.69, 9.17) is 20.3 Å². The Balaban J connectivity index is 2.69. The van der Waals surface area contributed by atoms with Crippen molar-refractivity contribution in [3.8, 4) is 0 Å². The van der Waals surface area contributed by atoms with Crippen molar-refractivity contribution in [2.24, 2.45) is 11.3 Å². The van der Waals surface area contributed by atoms with Crippen molar-refractivity contribution in [2.45, 2.75) is 27.2 Å². The molecule has 1 rings (SSSR count). The maximum atomic E-state index is 11.2. The lowest BCUT2D eigenvalue weighted by Gasteiger charge is -2.40. The second kappa shape index (κ2) is 3.90. The van der Waals surface area contributed by atoms with Crippen LogP contribution in [-0.4, -0.2) is 13.2 Å². The zero-order valence-electron chi connectivity index (χ0n) is 8.25. The van der Waals surface area contributed by atoms with Gasteiger partial charge in [-0.3, -0.25) is 9.05 Å². The fourth-order valence-corrected chi connectivity index (χ4v) is 2.63. The Labute approximate surface area is 84.1 Å². The molecule has 0 saturated carbocycles. The van der Waals surface area contributed by atoms with Crippen molar-refractivity contribution in [2.75, 3.05) is 13.2 Å². The molecule has 13 heavy (non-hydrogen) atoms. The molecule has 3 nitrogen and oxygen atoms in total. The molecular formula is C8H16ClO3P. The van der Waals surface area contributed by atoms with E-state index in [9.17, 15) is 4.57 Å². The van der Waals surface area contributed by atoms with E-state index >= 15 is 0 Å². The van der Waals surface area contributed by atoms with Crippen LogP contribution in [0.15, 0.2) is 0 Å². The molecule has 0 amide bonds. The van der Waals surface area contributed by atoms with Gasteiger partial charge in [0.2, 0.25) is 0 Å². The molecule has 1 saturated heterocycles. The Morgan fingerprint density at radius 2 is 1.92 bits per heavy atom. The minimum Gasteiger partial charge on any atom is -0.296 e. The summed E-state index contributed by atoms with van der Waals surface area (Å²) >= 11 is 5.47. The molecule has 1 fully saturated rings. The lowest BCUT2D eigenvalue weighted by molar-refractivity contribution is -0.0114. The summed E-state index contributed by atoms with van der Waals surface area (Å²) in [4.78, 5) is 0. The number of hydrogen-bond donors (Lipinski definition) is 0. The molecule has 0 bridgehead atoms. The van der Waals surface area contributed by atoms with Crippen LogP contribution in [0, 0.1) is 11.3 Å². The second-order valence-electron chi connectivity index (χ2n) is 3.85. The minimum atomic E-state index is -3.25. The Bertz CT molecular complexity index is 217. The lowest BCUT2D eigenvalue weighted by Crippen LogP contribution is -2.38. The fraction of sp³-hybridized carbons (Fsp3) is 1.00. The molecule has 0 aromatic rings. The zero-order chi connectivity index (χ0) is 10.1. The Hall–Kier alpha value is 0.440. The molecular weight excluding hydrogens is 211 g/mol. The summed E-state index contributed by atoms with van der Waals surface area (Å²) < 4.78 is 21.2. The highest BCUT2D eigenvalue weighted by Crippen LogP contribution is 2.59. The van der Waals surface area contributed by atoms with Gasteiger partial charge < -0.3 is 0 Å². The molecule has 1 aliphatic heterocycles. The van der Waals surface area contributed by atoms with E-state index in [1.165, 1.54) is 0 Å². The van der Waals surface area contributed by atoms with Crippen LogP contribution in [0.1, 0.15) is 27.2 Å². The van der Waals surface area contributed by atoms with Gasteiger partial charge in [0, 0.05) is 16.7 Å². The van der Waals surface area contributed by atoms with Gasteiger partial charge in [0.15, 0.2) is 0 Å². The quantitative estimate of drug-likeness (QED) is 0.677. The van der Waals surface area contributed by atoms with Gasteiger partial charge in [-0.25, -0.2) is 4.57 Å². The Morgan fingerprint density at radius 1 is 1.46 bits per heavy atom. The van der Waals surface area contributed by atoms with E-state index < -0.39 is 6.95 Å². The monoisotopic (exact) mass is 226 g/mol. The predicted molar refractivity (Wildman–Crippen MR) is 52.9 cm³/mol. The predicted octanol–water partition coefficient (Wildman–Crippen LogP) is 3.43. The van der Waals surface area contributed by atoms with E-state index in [2.05, 4.69) is 20.8 Å². The average Bonchev–Trinajstić information content (AvgIpc) is 2.05. The molecule has 0 spiro atoms. The molecule has 0 unspecified atom stereocenters. The molecule has 0 atom stereocenters. The highest BCUT2D eigenvalue weighted by molar-refractivity contribution is 7.81. The summed E-state index contributed by atoms with van der Waals surface area (Å²) in [5.41, 5.74) is -0.0250. The molecule has 0 aromatic carbocycles. The zero-order valence-corrected chi connectivity index (χ0v) is 9.90. The third-order valence-electron chi connectivity index (χ3n) is 2.94. The summed E-state index contributed by atoms with van der Waals surface area (Å²) in [5, 5.41) is 0. The highest BCUT2D eigenvalue weighted by Gasteiger charge is 2.42. The third kappa shape index (κ3) is 2.47. The molecule has 0 aromatic heterocycles. The van der Waals surface area contributed by atoms with Gasteiger partial charge in [0.05, 0.1) is 13.2 Å². The summed E-state index contributed by atoms with van der Waals surface area (Å²) in [6.07, 6.45) is 0.946. The Kier molecular flexibility index (Phi) is 3.45. The lowest BCUT2D eigenvalue weighted by atomic mass is 9.76. The smallest absolute Gasteiger partial charge is 0.296 e. The van der Waals surface area contributed by atoms with E-state index in [-0.39, 0.29) is 5.41 Å². The summed E-state index contributed by atoms with van der Waals surface area (Å²) in [6.45, 7) is 3.92. The van der Waals surface area contributed by atoms with Crippen molar-refractivity contribution < 1.29 is 13.6 Å². The van der Waals surface area contributed by atoms with Crippen LogP contribution in [0.25, 0.3) is 0 Å². The second-order valence-corrected chi connectivity index (χ2v) is 6.47. The van der Waals surface area contributed by atoms with E-state index in [1.54, 1.807) is 0 Å². The van der Waals surface area contributed by atoms with Gasteiger partial charge >= 0.3 is 6.95 Å². The van der Waals surface area contributed by atoms with Gasteiger partial charge in [0.25, 0.3) is 0 Å². The van der Waals surface area contributed by atoms with Crippen molar-refractivity contribution in [1.82, 2.24) is 0 Å². The van der Waals surface area contributed by atoms with Crippen molar-refractivity contribution in [1.29, 1.82) is 0 Å². The molecule has 1 aliphatic rings. The van der Waals surface area contributed by atoms with Crippen molar-refractivity contribution >= 4 is 18.2 Å². The summed E-state index contributed by atoms with van der Waals surface area (Å²) in [5.74, 6) is 0.439. The minimum absolute atomic E-state index is 0.0250.